The van der Waals surface area contributed by atoms with Crippen LogP contribution in [0.1, 0.15) is 46.0 Å². The fourth-order valence-corrected chi connectivity index (χ4v) is 7.40. The minimum Gasteiger partial charge on any atom is -0.369 e. The Bertz CT molecular complexity index is 1860. The second kappa shape index (κ2) is 11.4. The van der Waals surface area contributed by atoms with Gasteiger partial charge in [0.15, 0.2) is 5.82 Å². The maximum Gasteiger partial charge on any atom is 0.273 e. The van der Waals surface area contributed by atoms with E-state index in [1.165, 1.54) is 12.3 Å². The summed E-state index contributed by atoms with van der Waals surface area (Å²) in [5, 5.41) is 19.0. The Hall–Kier alpha value is -4.67. The Morgan fingerprint density at radius 2 is 1.64 bits per heavy atom. The number of anilines is 3. The van der Waals surface area contributed by atoms with Gasteiger partial charge in [-0.1, -0.05) is 0 Å². The first kappa shape index (κ1) is 30.4. The molecule has 1 saturated heterocycles. The number of sulfonamides is 1. The number of halogens is 2. The Balaban J connectivity index is 1.29. The smallest absolute Gasteiger partial charge is 0.273 e. The van der Waals surface area contributed by atoms with Gasteiger partial charge in [-0.2, -0.15) is 14.5 Å². The number of H-pyrrole nitrogens is 2. The van der Waals surface area contributed by atoms with Gasteiger partial charge in [0.2, 0.25) is 10.0 Å². The Morgan fingerprint density at radius 1 is 0.933 bits per heavy atom. The van der Waals surface area contributed by atoms with Crippen LogP contribution in [0.4, 0.5) is 26.0 Å². The predicted molar refractivity (Wildman–Crippen MR) is 161 cm³/mol. The third-order valence-corrected chi connectivity index (χ3v) is 10.2. The first-order valence-electron chi connectivity index (χ1n) is 14.1. The van der Waals surface area contributed by atoms with Crippen molar-refractivity contribution < 1.29 is 26.8 Å². The zero-order valence-corrected chi connectivity index (χ0v) is 25.5. The molecule has 0 bridgehead atoms. The molecule has 4 aromatic rings. The summed E-state index contributed by atoms with van der Waals surface area (Å²) in [7, 11) is -2.31. The zero-order chi connectivity index (χ0) is 32.1. The Morgan fingerprint density at radius 3 is 2.31 bits per heavy atom. The standard InChI is InChI=1S/C29H31F2N9O4S/c1-29(2)25-22(16-40(29)45(43,44)20-13-17(30)12-18(31)14-20)26(37-36-25)34-27(41)21-5-4-19(39-10-8-38(3)9-11-39)15-24(21)33-28(42)23-6-7-32-35-23/h4-7,12-15H,8-11,16H2,1-3H3,(H,32,35)(H,33,42)(H2,34,36,37,41). The number of aromatic nitrogens is 4. The number of fused-ring (bicyclic) bond motifs is 1. The predicted octanol–water partition coefficient (Wildman–Crippen LogP) is 3.11. The summed E-state index contributed by atoms with van der Waals surface area (Å²) in [5.74, 6) is -3.05. The van der Waals surface area contributed by atoms with Crippen LogP contribution in [0.3, 0.4) is 0 Å². The fourth-order valence-electron chi connectivity index (χ4n) is 5.63. The monoisotopic (exact) mass is 639 g/mol. The highest BCUT2D eigenvalue weighted by Crippen LogP contribution is 2.44. The van der Waals surface area contributed by atoms with Crippen molar-refractivity contribution in [3.8, 4) is 0 Å². The highest BCUT2D eigenvalue weighted by atomic mass is 32.2. The number of rotatable bonds is 7. The first-order valence-corrected chi connectivity index (χ1v) is 15.5. The highest BCUT2D eigenvalue weighted by Gasteiger charge is 2.48. The summed E-state index contributed by atoms with van der Waals surface area (Å²) in [5.41, 5.74) is 1.06. The number of carbonyl (C=O) groups excluding carboxylic acids is 2. The number of aromatic amines is 2. The summed E-state index contributed by atoms with van der Waals surface area (Å²) in [4.78, 5) is 30.5. The zero-order valence-electron chi connectivity index (χ0n) is 24.7. The van der Waals surface area contributed by atoms with Crippen molar-refractivity contribution in [3.05, 3.63) is 82.8 Å². The van der Waals surface area contributed by atoms with E-state index in [9.17, 15) is 26.8 Å². The lowest BCUT2D eigenvalue weighted by Gasteiger charge is -2.34. The first-order chi connectivity index (χ1) is 21.3. The lowest BCUT2D eigenvalue weighted by molar-refractivity contribution is 0.102. The summed E-state index contributed by atoms with van der Waals surface area (Å²) >= 11 is 0. The van der Waals surface area contributed by atoms with E-state index in [0.717, 1.165) is 48.3 Å². The molecule has 4 N–H and O–H groups in total. The van der Waals surface area contributed by atoms with E-state index in [0.29, 0.717) is 17.3 Å². The van der Waals surface area contributed by atoms with E-state index in [4.69, 9.17) is 0 Å². The topological polar surface area (TPSA) is 159 Å². The molecule has 6 rings (SSSR count). The van der Waals surface area contributed by atoms with Gasteiger partial charge in [-0.25, -0.2) is 17.2 Å². The van der Waals surface area contributed by atoms with E-state index in [1.54, 1.807) is 32.0 Å². The molecule has 0 saturated carbocycles. The maximum atomic E-state index is 13.9. The molecule has 16 heteroatoms. The normalized spacial score (nSPS) is 16.9. The molecule has 2 aromatic heterocycles. The Labute approximate surface area is 257 Å². The van der Waals surface area contributed by atoms with E-state index >= 15 is 0 Å². The number of piperazine rings is 1. The number of benzene rings is 2. The van der Waals surface area contributed by atoms with Crippen molar-refractivity contribution in [2.45, 2.75) is 30.8 Å². The van der Waals surface area contributed by atoms with E-state index < -0.39 is 43.9 Å². The van der Waals surface area contributed by atoms with Gasteiger partial charge >= 0.3 is 0 Å². The van der Waals surface area contributed by atoms with Crippen molar-refractivity contribution in [2.75, 3.05) is 48.8 Å². The molecule has 1 fully saturated rings. The van der Waals surface area contributed by atoms with Crippen LogP contribution in [0.2, 0.25) is 0 Å². The van der Waals surface area contributed by atoms with Crippen molar-refractivity contribution in [1.29, 1.82) is 0 Å². The van der Waals surface area contributed by atoms with Crippen LogP contribution in [-0.2, 0) is 22.1 Å². The molecular formula is C29H31F2N9O4S. The SMILES string of the molecule is CN1CCN(c2ccc(C(=O)Nc3n[nH]c4c3CN(S(=O)(=O)c3cc(F)cc(F)c3)C4(C)C)c(NC(=O)c3ccn[nH]3)c2)CC1. The molecular weight excluding hydrogens is 608 g/mol. The fraction of sp³-hybridized carbons (Fsp3) is 0.310. The van der Waals surface area contributed by atoms with Crippen LogP contribution >= 0.6 is 0 Å². The molecule has 0 atom stereocenters. The van der Waals surface area contributed by atoms with E-state index in [-0.39, 0.29) is 29.3 Å². The van der Waals surface area contributed by atoms with Gasteiger partial charge in [-0.3, -0.25) is 19.8 Å². The van der Waals surface area contributed by atoms with E-state index in [2.05, 4.69) is 40.8 Å². The van der Waals surface area contributed by atoms with Crippen LogP contribution in [0.25, 0.3) is 0 Å². The van der Waals surface area contributed by atoms with Crippen molar-refractivity contribution in [1.82, 2.24) is 29.6 Å². The highest BCUT2D eigenvalue weighted by molar-refractivity contribution is 7.89. The van der Waals surface area contributed by atoms with Crippen LogP contribution in [0.5, 0.6) is 0 Å². The third kappa shape index (κ3) is 5.67. The van der Waals surface area contributed by atoms with Crippen LogP contribution in [-0.4, -0.2) is 83.1 Å². The molecule has 0 aliphatic carbocycles. The summed E-state index contributed by atoms with van der Waals surface area (Å²) < 4.78 is 56.0. The lowest BCUT2D eigenvalue weighted by Crippen LogP contribution is -2.44. The van der Waals surface area contributed by atoms with Gasteiger partial charge in [0.05, 0.1) is 27.4 Å². The van der Waals surface area contributed by atoms with Crippen molar-refractivity contribution in [3.63, 3.8) is 0 Å². The van der Waals surface area contributed by atoms with Crippen molar-refractivity contribution >= 4 is 39.0 Å². The average Bonchev–Trinajstić information content (AvgIpc) is 3.72. The average molecular weight is 640 g/mol. The minimum atomic E-state index is -4.36. The second-order valence-corrected chi connectivity index (χ2v) is 13.4. The molecule has 236 valence electrons. The molecule has 0 unspecified atom stereocenters. The van der Waals surface area contributed by atoms with Crippen molar-refractivity contribution in [2.24, 2.45) is 0 Å². The largest absolute Gasteiger partial charge is 0.369 e. The number of nitrogens with zero attached hydrogens (tertiary/aromatic N) is 5. The number of likely N-dealkylation sites (N-methyl/N-ethyl adjacent to an activating group) is 1. The summed E-state index contributed by atoms with van der Waals surface area (Å²) in [6.45, 7) is 6.28. The number of hydrogen-bond donors (Lipinski definition) is 4. The third-order valence-electron chi connectivity index (χ3n) is 8.17. The molecule has 2 aliphatic heterocycles. The molecule has 2 amide bonds. The quantitative estimate of drug-likeness (QED) is 0.240. The second-order valence-electron chi connectivity index (χ2n) is 11.5. The summed E-state index contributed by atoms with van der Waals surface area (Å²) in [6, 6.07) is 8.76. The maximum absolute atomic E-state index is 13.9. The molecule has 0 radical (unpaired) electrons. The molecule has 13 nitrogen and oxygen atoms in total. The van der Waals surface area contributed by atoms with Crippen LogP contribution < -0.4 is 15.5 Å². The van der Waals surface area contributed by atoms with Crippen LogP contribution in [0.15, 0.2) is 53.6 Å². The number of amides is 2. The molecule has 0 spiro atoms. The molecule has 2 aliphatic rings. The van der Waals surface area contributed by atoms with Gasteiger partial charge in [-0.15, -0.1) is 0 Å². The van der Waals surface area contributed by atoms with Gasteiger partial charge in [0.1, 0.15) is 17.3 Å². The van der Waals surface area contributed by atoms with E-state index in [1.807, 2.05) is 7.05 Å². The number of nitrogens with one attached hydrogen (secondary N) is 4. The van der Waals surface area contributed by atoms with Gasteiger partial charge in [0, 0.05) is 56.2 Å². The minimum absolute atomic E-state index is 0.0835. The van der Waals surface area contributed by atoms with Gasteiger partial charge in [-0.05, 0) is 57.3 Å². The molecule has 45 heavy (non-hydrogen) atoms. The molecule has 4 heterocycles. The van der Waals surface area contributed by atoms with Gasteiger partial charge in [0.25, 0.3) is 11.8 Å². The van der Waals surface area contributed by atoms with Crippen LogP contribution in [0, 0.1) is 11.6 Å². The lowest BCUT2D eigenvalue weighted by atomic mass is 10.0. The summed E-state index contributed by atoms with van der Waals surface area (Å²) in [6.07, 6.45) is 1.44. The Kier molecular flexibility index (Phi) is 7.66. The van der Waals surface area contributed by atoms with Gasteiger partial charge < -0.3 is 20.4 Å². The number of carbonyl (C=O) groups is 2. The molecule has 2 aromatic carbocycles. The number of hydrogen-bond acceptors (Lipinski definition) is 8.